The molecule has 128 valence electrons. The molecular formula is C21H22N2OS. The van der Waals surface area contributed by atoms with E-state index in [1.807, 2.05) is 18.2 Å². The van der Waals surface area contributed by atoms with Gasteiger partial charge in [-0.3, -0.25) is 0 Å². The van der Waals surface area contributed by atoms with Crippen LogP contribution in [0.3, 0.4) is 0 Å². The van der Waals surface area contributed by atoms with Crippen LogP contribution in [0, 0.1) is 0 Å². The van der Waals surface area contributed by atoms with E-state index in [2.05, 4.69) is 46.3 Å². The number of thiazole rings is 1. The first-order valence-corrected chi connectivity index (χ1v) is 9.62. The lowest BCUT2D eigenvalue weighted by Crippen LogP contribution is -2.29. The summed E-state index contributed by atoms with van der Waals surface area (Å²) in [7, 11) is 1.70. The van der Waals surface area contributed by atoms with Crippen molar-refractivity contribution in [3.05, 3.63) is 53.0 Å². The molecule has 4 rings (SSSR count). The number of hydrogen-bond acceptors (Lipinski definition) is 4. The molecule has 0 bridgehead atoms. The van der Waals surface area contributed by atoms with Gasteiger partial charge in [-0.05, 0) is 55.2 Å². The maximum absolute atomic E-state index is 5.42. The maximum Gasteiger partial charge on any atom is 0.138 e. The van der Waals surface area contributed by atoms with Gasteiger partial charge in [-0.25, -0.2) is 4.98 Å². The SMILES string of the molecule is COc1cccc2nc(C=Cc3ccc(N4CCCCC4)cc3)sc12. The fourth-order valence-corrected chi connectivity index (χ4v) is 4.25. The van der Waals surface area contributed by atoms with E-state index in [9.17, 15) is 0 Å². The van der Waals surface area contributed by atoms with E-state index in [1.165, 1.54) is 43.6 Å². The number of piperidine rings is 1. The van der Waals surface area contributed by atoms with Crippen molar-refractivity contribution in [3.8, 4) is 5.75 Å². The molecule has 1 fully saturated rings. The van der Waals surface area contributed by atoms with Crippen molar-refractivity contribution in [1.82, 2.24) is 4.98 Å². The third-order valence-corrected chi connectivity index (χ3v) is 5.70. The Bertz CT molecular complexity index is 877. The summed E-state index contributed by atoms with van der Waals surface area (Å²) in [5, 5.41) is 1.000. The first-order chi connectivity index (χ1) is 12.3. The van der Waals surface area contributed by atoms with Gasteiger partial charge in [-0.15, -0.1) is 11.3 Å². The van der Waals surface area contributed by atoms with E-state index < -0.39 is 0 Å². The topological polar surface area (TPSA) is 25.4 Å². The van der Waals surface area contributed by atoms with E-state index in [-0.39, 0.29) is 0 Å². The number of aromatic nitrogens is 1. The van der Waals surface area contributed by atoms with Gasteiger partial charge < -0.3 is 9.64 Å². The van der Waals surface area contributed by atoms with Gasteiger partial charge in [0.2, 0.25) is 0 Å². The van der Waals surface area contributed by atoms with Crippen LogP contribution in [0.1, 0.15) is 29.8 Å². The summed E-state index contributed by atoms with van der Waals surface area (Å²) < 4.78 is 6.52. The minimum absolute atomic E-state index is 0.889. The lowest BCUT2D eigenvalue weighted by atomic mass is 10.1. The molecule has 1 aromatic heterocycles. The largest absolute Gasteiger partial charge is 0.495 e. The molecule has 0 saturated carbocycles. The molecule has 0 spiro atoms. The van der Waals surface area contributed by atoms with Gasteiger partial charge in [-0.1, -0.05) is 24.3 Å². The van der Waals surface area contributed by atoms with Gasteiger partial charge in [0.05, 0.1) is 17.3 Å². The van der Waals surface area contributed by atoms with Gasteiger partial charge in [0.1, 0.15) is 10.8 Å². The predicted molar refractivity (Wildman–Crippen MR) is 108 cm³/mol. The molecule has 25 heavy (non-hydrogen) atoms. The Labute approximate surface area is 152 Å². The van der Waals surface area contributed by atoms with E-state index >= 15 is 0 Å². The summed E-state index contributed by atoms with van der Waals surface area (Å²) in [4.78, 5) is 7.15. The van der Waals surface area contributed by atoms with Crippen molar-refractivity contribution in [2.45, 2.75) is 19.3 Å². The molecule has 0 aliphatic carbocycles. The van der Waals surface area contributed by atoms with Crippen molar-refractivity contribution in [2.24, 2.45) is 0 Å². The lowest BCUT2D eigenvalue weighted by Gasteiger charge is -2.28. The summed E-state index contributed by atoms with van der Waals surface area (Å²) in [6, 6.07) is 14.8. The summed E-state index contributed by atoms with van der Waals surface area (Å²) in [5.74, 6) is 0.889. The zero-order chi connectivity index (χ0) is 17.1. The highest BCUT2D eigenvalue weighted by molar-refractivity contribution is 7.19. The second-order valence-corrected chi connectivity index (χ2v) is 7.36. The minimum atomic E-state index is 0.889. The van der Waals surface area contributed by atoms with Crippen LogP contribution in [-0.2, 0) is 0 Å². The second kappa shape index (κ2) is 7.28. The highest BCUT2D eigenvalue weighted by Gasteiger charge is 2.10. The van der Waals surface area contributed by atoms with Gasteiger partial charge in [0.25, 0.3) is 0 Å². The highest BCUT2D eigenvalue weighted by atomic mass is 32.1. The van der Waals surface area contributed by atoms with Gasteiger partial charge >= 0.3 is 0 Å². The first-order valence-electron chi connectivity index (χ1n) is 8.80. The Balaban J connectivity index is 1.51. The summed E-state index contributed by atoms with van der Waals surface area (Å²) in [5.41, 5.74) is 3.53. The first kappa shape index (κ1) is 16.2. The Hall–Kier alpha value is -2.33. The number of rotatable bonds is 4. The zero-order valence-corrected chi connectivity index (χ0v) is 15.3. The van der Waals surface area contributed by atoms with E-state index in [0.29, 0.717) is 0 Å². The van der Waals surface area contributed by atoms with Crippen LogP contribution in [0.2, 0.25) is 0 Å². The Kier molecular flexibility index (Phi) is 4.70. The summed E-state index contributed by atoms with van der Waals surface area (Å²) in [6.45, 7) is 2.37. The lowest BCUT2D eigenvalue weighted by molar-refractivity contribution is 0.420. The Morgan fingerprint density at radius 3 is 2.56 bits per heavy atom. The summed E-state index contributed by atoms with van der Waals surface area (Å²) >= 11 is 1.66. The van der Waals surface area contributed by atoms with Crippen LogP contribution in [0.25, 0.3) is 22.4 Å². The smallest absolute Gasteiger partial charge is 0.138 e. The normalized spacial score (nSPS) is 15.2. The molecule has 0 amide bonds. The number of methoxy groups -OCH3 is 1. The minimum Gasteiger partial charge on any atom is -0.495 e. The standard InChI is InChI=1S/C21H22N2OS/c1-24-19-7-5-6-18-21(19)25-20(22-18)13-10-16-8-11-17(12-9-16)23-14-3-2-4-15-23/h5-13H,2-4,14-15H2,1H3. The van der Waals surface area contributed by atoms with Crippen molar-refractivity contribution >= 4 is 39.4 Å². The molecule has 2 heterocycles. The van der Waals surface area contributed by atoms with Crippen LogP contribution in [0.15, 0.2) is 42.5 Å². The second-order valence-electron chi connectivity index (χ2n) is 6.33. The molecule has 1 aliphatic heterocycles. The average Bonchev–Trinajstić information content (AvgIpc) is 3.10. The molecular weight excluding hydrogens is 328 g/mol. The van der Waals surface area contributed by atoms with Gasteiger partial charge in [-0.2, -0.15) is 0 Å². The fourth-order valence-electron chi connectivity index (χ4n) is 3.29. The van der Waals surface area contributed by atoms with Crippen molar-refractivity contribution in [2.75, 3.05) is 25.1 Å². The highest BCUT2D eigenvalue weighted by Crippen LogP contribution is 2.31. The predicted octanol–water partition coefficient (Wildman–Crippen LogP) is 5.47. The maximum atomic E-state index is 5.42. The third kappa shape index (κ3) is 3.54. The number of benzene rings is 2. The quantitative estimate of drug-likeness (QED) is 0.624. The Morgan fingerprint density at radius 2 is 1.80 bits per heavy atom. The molecule has 2 aromatic carbocycles. The molecule has 0 unspecified atom stereocenters. The van der Waals surface area contributed by atoms with Crippen molar-refractivity contribution in [1.29, 1.82) is 0 Å². The van der Waals surface area contributed by atoms with Crippen LogP contribution >= 0.6 is 11.3 Å². The average molecular weight is 350 g/mol. The van der Waals surface area contributed by atoms with Crippen LogP contribution < -0.4 is 9.64 Å². The summed E-state index contributed by atoms with van der Waals surface area (Å²) in [6.07, 6.45) is 8.19. The number of anilines is 1. The van der Waals surface area contributed by atoms with Crippen molar-refractivity contribution < 1.29 is 4.74 Å². The Morgan fingerprint density at radius 1 is 1.00 bits per heavy atom. The van der Waals surface area contributed by atoms with Crippen LogP contribution in [-0.4, -0.2) is 25.2 Å². The molecule has 4 heteroatoms. The molecule has 0 radical (unpaired) electrons. The molecule has 3 nitrogen and oxygen atoms in total. The van der Waals surface area contributed by atoms with E-state index in [0.717, 1.165) is 21.0 Å². The molecule has 0 N–H and O–H groups in total. The number of hydrogen-bond donors (Lipinski definition) is 0. The number of nitrogens with zero attached hydrogens (tertiary/aromatic N) is 2. The molecule has 0 atom stereocenters. The zero-order valence-electron chi connectivity index (χ0n) is 14.4. The number of ether oxygens (including phenoxy) is 1. The third-order valence-electron chi connectivity index (χ3n) is 4.65. The van der Waals surface area contributed by atoms with Crippen LogP contribution in [0.5, 0.6) is 5.75 Å². The van der Waals surface area contributed by atoms with E-state index in [4.69, 9.17) is 4.74 Å². The monoisotopic (exact) mass is 350 g/mol. The number of fused-ring (bicyclic) bond motifs is 1. The van der Waals surface area contributed by atoms with Crippen LogP contribution in [0.4, 0.5) is 5.69 Å². The molecule has 3 aromatic rings. The van der Waals surface area contributed by atoms with E-state index in [1.54, 1.807) is 18.4 Å². The fraction of sp³-hybridized carbons (Fsp3) is 0.286. The van der Waals surface area contributed by atoms with Gasteiger partial charge in [0.15, 0.2) is 0 Å². The van der Waals surface area contributed by atoms with Gasteiger partial charge in [0, 0.05) is 18.8 Å². The molecule has 1 aliphatic rings. The molecule has 1 saturated heterocycles. The van der Waals surface area contributed by atoms with Crippen molar-refractivity contribution in [3.63, 3.8) is 0 Å².